The maximum Gasteiger partial charge on any atom is 0.129 e. The molecule has 1 aromatic carbocycles. The van der Waals surface area contributed by atoms with Gasteiger partial charge in [-0.05, 0) is 38.6 Å². The molecular formula is C16H21ClFN3. The molecule has 0 aliphatic carbocycles. The number of aromatic nitrogens is 2. The topological polar surface area (TPSA) is 29.9 Å². The molecular weight excluding hydrogens is 289 g/mol. The van der Waals surface area contributed by atoms with Crippen molar-refractivity contribution in [2.45, 2.75) is 38.8 Å². The maximum atomic E-state index is 14.0. The summed E-state index contributed by atoms with van der Waals surface area (Å²) in [5, 5.41) is 8.13. The summed E-state index contributed by atoms with van der Waals surface area (Å²) in [6.07, 6.45) is 3.59. The summed E-state index contributed by atoms with van der Waals surface area (Å²) in [7, 11) is 1.80. The van der Waals surface area contributed by atoms with Gasteiger partial charge in [0, 0.05) is 35.3 Å². The Kier molecular flexibility index (Phi) is 5.37. The molecule has 2 unspecified atom stereocenters. The van der Waals surface area contributed by atoms with Crippen molar-refractivity contribution in [1.82, 2.24) is 15.1 Å². The first-order valence-electron chi connectivity index (χ1n) is 7.22. The average molecular weight is 310 g/mol. The second-order valence-electron chi connectivity index (χ2n) is 5.23. The van der Waals surface area contributed by atoms with E-state index in [9.17, 15) is 4.39 Å². The zero-order chi connectivity index (χ0) is 15.4. The predicted molar refractivity (Wildman–Crippen MR) is 84.1 cm³/mol. The summed E-state index contributed by atoms with van der Waals surface area (Å²) >= 11 is 6.14. The molecule has 2 atom stereocenters. The molecule has 1 heterocycles. The predicted octanol–water partition coefficient (Wildman–Crippen LogP) is 4.15. The molecule has 0 amide bonds. The highest BCUT2D eigenvalue weighted by Crippen LogP contribution is 2.28. The first-order chi connectivity index (χ1) is 10.1. The fraction of sp³-hybridized carbons (Fsp3) is 0.438. The number of likely N-dealkylation sites (N-methyl/N-ethyl adjacent to an activating group) is 1. The van der Waals surface area contributed by atoms with E-state index in [1.807, 2.05) is 16.9 Å². The van der Waals surface area contributed by atoms with Crippen LogP contribution < -0.4 is 5.32 Å². The van der Waals surface area contributed by atoms with Crippen molar-refractivity contribution in [2.24, 2.45) is 0 Å². The van der Waals surface area contributed by atoms with Crippen molar-refractivity contribution in [1.29, 1.82) is 0 Å². The van der Waals surface area contributed by atoms with Crippen molar-refractivity contribution in [3.8, 4) is 0 Å². The van der Waals surface area contributed by atoms with Crippen LogP contribution in [0.4, 0.5) is 4.39 Å². The highest BCUT2D eigenvalue weighted by atomic mass is 35.5. The normalized spacial score (nSPS) is 14.1. The molecule has 1 aromatic heterocycles. The van der Waals surface area contributed by atoms with Gasteiger partial charge in [0.25, 0.3) is 0 Å². The van der Waals surface area contributed by atoms with Crippen LogP contribution in [0.5, 0.6) is 0 Å². The Morgan fingerprint density at radius 3 is 2.76 bits per heavy atom. The van der Waals surface area contributed by atoms with Crippen molar-refractivity contribution >= 4 is 11.6 Å². The van der Waals surface area contributed by atoms with E-state index in [1.165, 1.54) is 6.07 Å². The van der Waals surface area contributed by atoms with Gasteiger partial charge in [-0.3, -0.25) is 4.68 Å². The van der Waals surface area contributed by atoms with E-state index >= 15 is 0 Å². The number of hydrogen-bond donors (Lipinski definition) is 1. The number of nitrogens with one attached hydrogen (secondary N) is 1. The average Bonchev–Trinajstić information content (AvgIpc) is 2.93. The van der Waals surface area contributed by atoms with E-state index in [0.29, 0.717) is 23.0 Å². The van der Waals surface area contributed by atoms with Gasteiger partial charge in [-0.25, -0.2) is 4.39 Å². The minimum absolute atomic E-state index is 0.195. The van der Waals surface area contributed by atoms with Crippen molar-refractivity contribution < 1.29 is 4.39 Å². The molecule has 0 fully saturated rings. The lowest BCUT2D eigenvalue weighted by Gasteiger charge is -2.18. The van der Waals surface area contributed by atoms with Gasteiger partial charge in [-0.2, -0.15) is 5.10 Å². The van der Waals surface area contributed by atoms with Gasteiger partial charge in [-0.1, -0.05) is 24.6 Å². The molecule has 0 radical (unpaired) electrons. The Morgan fingerprint density at radius 2 is 2.14 bits per heavy atom. The first kappa shape index (κ1) is 16.0. The molecule has 0 aliphatic heterocycles. The number of benzene rings is 1. The quantitative estimate of drug-likeness (QED) is 0.868. The van der Waals surface area contributed by atoms with Crippen molar-refractivity contribution in [3.05, 3.63) is 52.6 Å². The largest absolute Gasteiger partial charge is 0.313 e. The third-order valence-corrected chi connectivity index (χ3v) is 4.15. The molecule has 0 bridgehead atoms. The molecule has 114 valence electrons. The van der Waals surface area contributed by atoms with Crippen LogP contribution in [0.3, 0.4) is 0 Å². The Labute approximate surface area is 130 Å². The molecule has 0 aliphatic rings. The Bertz CT molecular complexity index is 577. The van der Waals surface area contributed by atoms with Crippen molar-refractivity contribution in [3.63, 3.8) is 0 Å². The molecule has 0 saturated carbocycles. The van der Waals surface area contributed by atoms with E-state index in [4.69, 9.17) is 11.6 Å². The Hall–Kier alpha value is -1.39. The van der Waals surface area contributed by atoms with E-state index < -0.39 is 0 Å². The van der Waals surface area contributed by atoms with E-state index in [0.717, 1.165) is 12.1 Å². The minimum Gasteiger partial charge on any atom is -0.313 e. The summed E-state index contributed by atoms with van der Waals surface area (Å²) in [6, 6.07) is 6.91. The van der Waals surface area contributed by atoms with Gasteiger partial charge in [0.2, 0.25) is 0 Å². The fourth-order valence-corrected chi connectivity index (χ4v) is 2.61. The van der Waals surface area contributed by atoms with Crippen LogP contribution in [0.25, 0.3) is 0 Å². The van der Waals surface area contributed by atoms with Gasteiger partial charge in [0.15, 0.2) is 0 Å². The fourth-order valence-electron chi connectivity index (χ4n) is 2.32. The highest BCUT2D eigenvalue weighted by molar-refractivity contribution is 6.31. The van der Waals surface area contributed by atoms with E-state index in [2.05, 4.69) is 24.3 Å². The molecule has 3 nitrogen and oxygen atoms in total. The highest BCUT2D eigenvalue weighted by Gasteiger charge is 2.19. The summed E-state index contributed by atoms with van der Waals surface area (Å²) < 4.78 is 16.0. The molecule has 1 N–H and O–H groups in total. The van der Waals surface area contributed by atoms with E-state index in [-0.39, 0.29) is 11.9 Å². The lowest BCUT2D eigenvalue weighted by Crippen LogP contribution is -2.21. The van der Waals surface area contributed by atoms with Gasteiger partial charge >= 0.3 is 0 Å². The second kappa shape index (κ2) is 7.05. The summed E-state index contributed by atoms with van der Waals surface area (Å²) in [4.78, 5) is 0. The standard InChI is InChI=1S/C16H21ClFN3/c1-4-11(2)21-9-8-12(20-21)10-15(19-3)16-13(17)6-5-7-14(16)18/h5-9,11,15,19H,4,10H2,1-3H3. The van der Waals surface area contributed by atoms with Gasteiger partial charge < -0.3 is 5.32 Å². The molecule has 5 heteroatoms. The monoisotopic (exact) mass is 309 g/mol. The number of nitrogens with zero attached hydrogens (tertiary/aromatic N) is 2. The third kappa shape index (κ3) is 3.63. The zero-order valence-corrected chi connectivity index (χ0v) is 13.4. The second-order valence-corrected chi connectivity index (χ2v) is 5.63. The minimum atomic E-state index is -0.289. The third-order valence-electron chi connectivity index (χ3n) is 3.82. The number of halogens is 2. The molecule has 2 aromatic rings. The zero-order valence-electron chi connectivity index (χ0n) is 12.6. The van der Waals surface area contributed by atoms with Crippen LogP contribution in [0.15, 0.2) is 30.5 Å². The van der Waals surface area contributed by atoms with E-state index in [1.54, 1.807) is 19.2 Å². The molecule has 0 saturated heterocycles. The molecule has 21 heavy (non-hydrogen) atoms. The lowest BCUT2D eigenvalue weighted by molar-refractivity contribution is 0.467. The van der Waals surface area contributed by atoms with Crippen LogP contribution in [0.1, 0.15) is 43.6 Å². The smallest absolute Gasteiger partial charge is 0.129 e. The summed E-state index contributed by atoms with van der Waals surface area (Å²) in [6.45, 7) is 4.25. The van der Waals surface area contributed by atoms with Crippen LogP contribution in [0, 0.1) is 5.82 Å². The first-order valence-corrected chi connectivity index (χ1v) is 7.59. The Morgan fingerprint density at radius 1 is 1.38 bits per heavy atom. The van der Waals surface area contributed by atoms with Crippen LogP contribution in [0.2, 0.25) is 5.02 Å². The maximum absolute atomic E-state index is 14.0. The number of rotatable bonds is 6. The van der Waals surface area contributed by atoms with Crippen LogP contribution >= 0.6 is 11.6 Å². The molecule has 2 rings (SSSR count). The van der Waals surface area contributed by atoms with Crippen molar-refractivity contribution in [2.75, 3.05) is 7.05 Å². The lowest BCUT2D eigenvalue weighted by atomic mass is 10.0. The summed E-state index contributed by atoms with van der Waals surface area (Å²) in [5.41, 5.74) is 1.42. The summed E-state index contributed by atoms with van der Waals surface area (Å²) in [5.74, 6) is -0.289. The SMILES string of the molecule is CCC(C)n1ccc(CC(NC)c2c(F)cccc2Cl)n1. The van der Waals surface area contributed by atoms with Gasteiger partial charge in [0.05, 0.1) is 5.69 Å². The van der Waals surface area contributed by atoms with Gasteiger partial charge in [0.1, 0.15) is 5.82 Å². The van der Waals surface area contributed by atoms with Crippen LogP contribution in [-0.4, -0.2) is 16.8 Å². The van der Waals surface area contributed by atoms with Gasteiger partial charge in [-0.15, -0.1) is 0 Å². The Balaban J connectivity index is 2.21. The number of hydrogen-bond acceptors (Lipinski definition) is 2. The molecule has 0 spiro atoms. The van der Waals surface area contributed by atoms with Crippen LogP contribution in [-0.2, 0) is 6.42 Å².